The maximum atomic E-state index is 3.03. The Kier molecular flexibility index (Phi) is 8.47. The topological polar surface area (TPSA) is 0 Å². The Balaban J connectivity index is 0. The van der Waals surface area contributed by atoms with Crippen molar-refractivity contribution in [3.63, 3.8) is 0 Å². The van der Waals surface area contributed by atoms with Crippen molar-refractivity contribution in [2.75, 3.05) is 0 Å². The van der Waals surface area contributed by atoms with Gasteiger partial charge in [0, 0.05) is 0 Å². The van der Waals surface area contributed by atoms with E-state index in [2.05, 4.69) is 6.07 Å². The summed E-state index contributed by atoms with van der Waals surface area (Å²) in [6.07, 6.45) is 0. The minimum atomic E-state index is 0. The fourth-order valence-electron chi connectivity index (χ4n) is 0.483. The first kappa shape index (κ1) is 12.0. The summed E-state index contributed by atoms with van der Waals surface area (Å²) in [6, 6.07) is 10.9. The van der Waals surface area contributed by atoms with E-state index in [1.54, 1.807) is 0 Å². The van der Waals surface area contributed by atoms with E-state index < -0.39 is 0 Å². The van der Waals surface area contributed by atoms with Crippen LogP contribution in [0, 0.1) is 13.0 Å². The third-order valence-corrected chi connectivity index (χ3v) is 0.865. The van der Waals surface area contributed by atoms with Crippen molar-refractivity contribution in [2.45, 2.75) is 6.92 Å². The van der Waals surface area contributed by atoms with Crippen molar-refractivity contribution in [2.24, 2.45) is 0 Å². The van der Waals surface area contributed by atoms with Crippen LogP contribution >= 0.6 is 9.90 Å². The molecule has 1 rings (SSSR count). The first-order valence-electron chi connectivity index (χ1n) is 2.33. The Bertz CT molecular complexity index is 139. The van der Waals surface area contributed by atoms with Crippen LogP contribution in [0.3, 0.4) is 0 Å². The van der Waals surface area contributed by atoms with Crippen LogP contribution in [0.25, 0.3) is 0 Å². The molecule has 0 spiro atoms. The molecule has 0 aliphatic heterocycles. The van der Waals surface area contributed by atoms with Crippen molar-refractivity contribution >= 4 is 9.90 Å². The molecule has 0 aliphatic carbocycles. The second-order valence-corrected chi connectivity index (χ2v) is 1.55. The molecule has 1 atom stereocenters. The van der Waals surface area contributed by atoms with E-state index in [4.69, 9.17) is 0 Å². The third-order valence-electron chi connectivity index (χ3n) is 0.865. The van der Waals surface area contributed by atoms with Crippen LogP contribution in [-0.4, -0.2) is 0 Å². The molecule has 0 saturated heterocycles. The first-order chi connectivity index (χ1) is 3.39. The molecule has 1 aromatic carbocycles. The Morgan fingerprint density at radius 2 is 2.00 bits per heavy atom. The molecule has 0 amide bonds. The Morgan fingerprint density at radius 3 is 2.22 bits per heavy atom. The Labute approximate surface area is 71.8 Å². The molecule has 0 bridgehead atoms. The van der Waals surface area contributed by atoms with Crippen LogP contribution in [0.2, 0.25) is 0 Å². The molecule has 44 valence electrons. The number of benzene rings is 1. The van der Waals surface area contributed by atoms with Gasteiger partial charge in [-0.1, -0.05) is 6.92 Å². The van der Waals surface area contributed by atoms with E-state index in [1.165, 1.54) is 5.56 Å². The molecule has 9 heavy (non-hydrogen) atoms. The maximum absolute atomic E-state index is 3.03. The zero-order valence-corrected chi connectivity index (χ0v) is 7.43. The SMILES string of the molecule is Cc1[c-]cccc1.P.[Li+]. The van der Waals surface area contributed by atoms with Gasteiger partial charge in [-0.2, -0.15) is 45.8 Å². The van der Waals surface area contributed by atoms with Gasteiger partial charge in [0.05, 0.1) is 0 Å². The molecule has 0 nitrogen and oxygen atoms in total. The van der Waals surface area contributed by atoms with Crippen LogP contribution < -0.4 is 18.9 Å². The third kappa shape index (κ3) is 4.73. The predicted octanol–water partition coefficient (Wildman–Crippen LogP) is -1.14. The molecule has 0 heterocycles. The zero-order valence-electron chi connectivity index (χ0n) is 6.02. The van der Waals surface area contributed by atoms with Gasteiger partial charge in [0.25, 0.3) is 0 Å². The number of aryl methyl sites for hydroxylation is 1. The standard InChI is InChI=1S/C7H7.Li.H3P/c1-7-5-3-2-4-6-7;;/h2-5H,1H3;;1H3/q-1;+1;. The minimum absolute atomic E-state index is 0. The Morgan fingerprint density at radius 1 is 1.33 bits per heavy atom. The fourth-order valence-corrected chi connectivity index (χ4v) is 0.483. The van der Waals surface area contributed by atoms with Crippen LogP contribution in [0.15, 0.2) is 24.3 Å². The zero-order chi connectivity index (χ0) is 5.11. The van der Waals surface area contributed by atoms with Gasteiger partial charge in [-0.05, 0) is 0 Å². The number of hydrogen-bond donors (Lipinski definition) is 0. The molecule has 1 unspecified atom stereocenters. The summed E-state index contributed by atoms with van der Waals surface area (Å²) in [4.78, 5) is 0. The molecule has 0 radical (unpaired) electrons. The van der Waals surface area contributed by atoms with Crippen molar-refractivity contribution < 1.29 is 18.9 Å². The van der Waals surface area contributed by atoms with E-state index >= 15 is 0 Å². The van der Waals surface area contributed by atoms with Crippen molar-refractivity contribution in [1.82, 2.24) is 0 Å². The normalized spacial score (nSPS) is 6.78. The number of rotatable bonds is 0. The molecule has 1 aromatic rings. The van der Waals surface area contributed by atoms with Crippen molar-refractivity contribution in [3.8, 4) is 0 Å². The summed E-state index contributed by atoms with van der Waals surface area (Å²) in [5.41, 5.74) is 1.20. The average molecular weight is 132 g/mol. The summed E-state index contributed by atoms with van der Waals surface area (Å²) < 4.78 is 0. The van der Waals surface area contributed by atoms with Gasteiger partial charge in [-0.15, -0.1) is 0 Å². The van der Waals surface area contributed by atoms with Crippen LogP contribution in [0.5, 0.6) is 0 Å². The molecule has 0 aliphatic rings. The average Bonchev–Trinajstić information content (AvgIpc) is 1.69. The fraction of sp³-hybridized carbons (Fsp3) is 0.143. The van der Waals surface area contributed by atoms with Crippen LogP contribution in [0.4, 0.5) is 0 Å². The van der Waals surface area contributed by atoms with Crippen molar-refractivity contribution in [1.29, 1.82) is 0 Å². The van der Waals surface area contributed by atoms with Gasteiger partial charge < -0.3 is 0 Å². The molecule has 0 N–H and O–H groups in total. The summed E-state index contributed by atoms with van der Waals surface area (Å²) in [6.45, 7) is 2.03. The molecular formula is C7H10LiP. The van der Waals surface area contributed by atoms with Gasteiger partial charge in [-0.3, -0.25) is 0 Å². The van der Waals surface area contributed by atoms with E-state index in [-0.39, 0.29) is 28.8 Å². The van der Waals surface area contributed by atoms with Gasteiger partial charge in [0.1, 0.15) is 0 Å². The molecule has 0 fully saturated rings. The largest absolute Gasteiger partial charge is 1.00 e. The summed E-state index contributed by atoms with van der Waals surface area (Å²) in [5.74, 6) is 0. The summed E-state index contributed by atoms with van der Waals surface area (Å²) >= 11 is 0. The number of hydrogen-bond acceptors (Lipinski definition) is 0. The smallest absolute Gasteiger partial charge is 0.181 e. The van der Waals surface area contributed by atoms with Crippen molar-refractivity contribution in [3.05, 3.63) is 35.9 Å². The second kappa shape index (κ2) is 6.37. The van der Waals surface area contributed by atoms with Gasteiger partial charge in [0.15, 0.2) is 0 Å². The van der Waals surface area contributed by atoms with Crippen LogP contribution in [0.1, 0.15) is 5.56 Å². The van der Waals surface area contributed by atoms with Crippen LogP contribution in [-0.2, 0) is 0 Å². The Hall–Kier alpha value is 0.247. The molecule has 0 aromatic heterocycles. The van der Waals surface area contributed by atoms with Gasteiger partial charge in [-0.25, -0.2) is 0 Å². The monoisotopic (exact) mass is 132 g/mol. The molecule has 2 heteroatoms. The van der Waals surface area contributed by atoms with E-state index in [0.717, 1.165) is 0 Å². The maximum Gasteiger partial charge on any atom is 1.00 e. The quantitative estimate of drug-likeness (QED) is 0.238. The van der Waals surface area contributed by atoms with Gasteiger partial charge in [0.2, 0.25) is 0 Å². The second-order valence-electron chi connectivity index (χ2n) is 1.55. The molecular weight excluding hydrogens is 122 g/mol. The minimum Gasteiger partial charge on any atom is -0.181 e. The van der Waals surface area contributed by atoms with E-state index in [0.29, 0.717) is 0 Å². The van der Waals surface area contributed by atoms with Gasteiger partial charge >= 0.3 is 18.9 Å². The summed E-state index contributed by atoms with van der Waals surface area (Å²) in [7, 11) is 0. The predicted molar refractivity (Wildman–Crippen MR) is 41.1 cm³/mol. The summed E-state index contributed by atoms with van der Waals surface area (Å²) in [5, 5.41) is 0. The first-order valence-corrected chi connectivity index (χ1v) is 2.33. The molecule has 0 saturated carbocycles. The van der Waals surface area contributed by atoms with E-state index in [1.807, 2.05) is 31.2 Å². The van der Waals surface area contributed by atoms with E-state index in [9.17, 15) is 0 Å².